The third kappa shape index (κ3) is 14.2. The summed E-state index contributed by atoms with van der Waals surface area (Å²) in [5.74, 6) is -0.669. The van der Waals surface area contributed by atoms with E-state index in [0.717, 1.165) is 17.7 Å². The average Bonchev–Trinajstić information content (AvgIpc) is 3.84. The SMILES string of the molecule is CNS(=O)(=O)c1ccc(CCc2cccc(OC(F)(F)F)c2)c(-c2cn(C)cn2)c1.CNS(=O)(=O)c1ccc(N)c(-c2cn(C)cn2)c1.O=Cc1cccc(OC(F)(F)F)c1. The lowest BCUT2D eigenvalue weighted by Gasteiger charge is -2.12. The van der Waals surface area contributed by atoms with Crippen LogP contribution in [0.25, 0.3) is 22.5 Å². The van der Waals surface area contributed by atoms with Gasteiger partial charge in [-0.15, -0.1) is 26.3 Å². The Balaban J connectivity index is 0.000000223. The molecule has 0 aliphatic carbocycles. The zero-order valence-corrected chi connectivity index (χ0v) is 34.3. The number of rotatable bonds is 12. The van der Waals surface area contributed by atoms with Crippen LogP contribution in [-0.2, 0) is 47.0 Å². The van der Waals surface area contributed by atoms with Crippen LogP contribution in [0.5, 0.6) is 11.5 Å². The molecule has 14 nitrogen and oxygen atoms in total. The number of alkyl halides is 6. The molecule has 0 amide bonds. The number of aromatic nitrogens is 4. The number of carbonyl (C=O) groups is 1. The fraction of sp³-hybridized carbons (Fsp3) is 0.205. The summed E-state index contributed by atoms with van der Waals surface area (Å²) in [6.45, 7) is 0. The summed E-state index contributed by atoms with van der Waals surface area (Å²) in [5.41, 5.74) is 10.5. The van der Waals surface area contributed by atoms with Crippen molar-refractivity contribution in [3.63, 3.8) is 0 Å². The number of benzene rings is 4. The van der Waals surface area contributed by atoms with E-state index in [9.17, 15) is 48.0 Å². The van der Waals surface area contributed by atoms with E-state index in [4.69, 9.17) is 5.73 Å². The van der Waals surface area contributed by atoms with Gasteiger partial charge in [0.2, 0.25) is 20.0 Å². The van der Waals surface area contributed by atoms with Gasteiger partial charge in [-0.2, -0.15) is 0 Å². The Bertz CT molecular complexity index is 2670. The molecule has 4 N–H and O–H groups in total. The Morgan fingerprint density at radius 3 is 1.66 bits per heavy atom. The zero-order valence-electron chi connectivity index (χ0n) is 32.7. The van der Waals surface area contributed by atoms with E-state index in [2.05, 4.69) is 28.9 Å². The van der Waals surface area contributed by atoms with Crippen molar-refractivity contribution in [3.8, 4) is 34.0 Å². The molecule has 0 fully saturated rings. The molecule has 4 aromatic carbocycles. The molecule has 22 heteroatoms. The highest BCUT2D eigenvalue weighted by molar-refractivity contribution is 7.89. The standard InChI is InChI=1S/C20H20F3N3O3S.C11H14N4O2S.C8H5F3O2/c1-24-30(27,28)17-9-8-15(18(11-17)19-12-26(2)13-25-19)7-6-14-4-3-5-16(10-14)29-20(21,22)23;1-13-18(16,17)8-3-4-10(12)9(5-8)11-6-15(2)7-14-11;9-8(10,11)13-7-3-1-2-6(4-7)5-12/h3-5,8-13,24H,6-7H2,1-2H3;3-7,13H,12H2,1-2H3;1-5H. The second-order valence-corrected chi connectivity index (χ2v) is 16.5. The van der Waals surface area contributed by atoms with Crippen LogP contribution in [0.1, 0.15) is 21.5 Å². The molecule has 0 saturated heterocycles. The fourth-order valence-corrected chi connectivity index (χ4v) is 6.92. The van der Waals surface area contributed by atoms with Crippen LogP contribution in [0.2, 0.25) is 0 Å². The monoisotopic (exact) mass is 895 g/mol. The number of ether oxygens (including phenoxy) is 2. The summed E-state index contributed by atoms with van der Waals surface area (Å²) in [5, 5.41) is 0. The maximum Gasteiger partial charge on any atom is 0.573 e. The van der Waals surface area contributed by atoms with E-state index >= 15 is 0 Å². The van der Waals surface area contributed by atoms with Crippen LogP contribution in [-0.4, -0.2) is 69.0 Å². The lowest BCUT2D eigenvalue weighted by atomic mass is 9.98. The Morgan fingerprint density at radius 1 is 0.672 bits per heavy atom. The highest BCUT2D eigenvalue weighted by Gasteiger charge is 2.32. The van der Waals surface area contributed by atoms with Crippen LogP contribution in [0.4, 0.5) is 32.0 Å². The van der Waals surface area contributed by atoms with Crippen molar-refractivity contribution in [2.24, 2.45) is 14.1 Å². The second-order valence-electron chi connectivity index (χ2n) is 12.8. The molecule has 6 aromatic rings. The molecule has 0 bridgehead atoms. The smallest absolute Gasteiger partial charge is 0.406 e. The Kier molecular flexibility index (Phi) is 15.5. The van der Waals surface area contributed by atoms with Gasteiger partial charge in [0.25, 0.3) is 0 Å². The van der Waals surface area contributed by atoms with Crippen molar-refractivity contribution in [1.82, 2.24) is 28.5 Å². The molecule has 0 aliphatic heterocycles. The maximum absolute atomic E-state index is 12.4. The van der Waals surface area contributed by atoms with E-state index in [1.807, 2.05) is 7.05 Å². The number of aldehydes is 1. The van der Waals surface area contributed by atoms with Gasteiger partial charge in [0.1, 0.15) is 17.8 Å². The lowest BCUT2D eigenvalue weighted by Crippen LogP contribution is -2.18. The number of sulfonamides is 2. The van der Waals surface area contributed by atoms with Crippen LogP contribution in [0.3, 0.4) is 0 Å². The third-order valence-electron chi connectivity index (χ3n) is 8.27. The molecular formula is C39H39F6N7O7S2. The Hall–Kier alpha value is -6.23. The second kappa shape index (κ2) is 19.9. The van der Waals surface area contributed by atoms with Gasteiger partial charge in [-0.05, 0) is 92.7 Å². The molecule has 2 aromatic heterocycles. The molecule has 6 rings (SSSR count). The minimum atomic E-state index is -4.75. The number of hydrogen-bond donors (Lipinski definition) is 3. The van der Waals surface area contributed by atoms with Gasteiger partial charge in [0, 0.05) is 48.9 Å². The first-order valence-electron chi connectivity index (χ1n) is 17.5. The molecule has 326 valence electrons. The number of carbonyl (C=O) groups excluding carboxylic acids is 1. The van der Waals surface area contributed by atoms with E-state index < -0.39 is 38.5 Å². The summed E-state index contributed by atoms with van der Waals surface area (Å²) < 4.78 is 136. The summed E-state index contributed by atoms with van der Waals surface area (Å²) in [6.07, 6.45) is -1.32. The summed E-state index contributed by atoms with van der Waals surface area (Å²) in [6, 6.07) is 19.9. The van der Waals surface area contributed by atoms with Gasteiger partial charge in [0.05, 0.1) is 33.8 Å². The van der Waals surface area contributed by atoms with Crippen LogP contribution >= 0.6 is 0 Å². The van der Waals surface area contributed by atoms with Crippen LogP contribution < -0.4 is 24.7 Å². The summed E-state index contributed by atoms with van der Waals surface area (Å²) in [7, 11) is -0.779. The number of hydrogen-bond acceptors (Lipinski definition) is 10. The molecule has 0 aliphatic rings. The molecule has 0 spiro atoms. The molecule has 0 saturated carbocycles. The molecule has 2 heterocycles. The van der Waals surface area contributed by atoms with Gasteiger partial charge in [-0.3, -0.25) is 4.79 Å². The average molecular weight is 896 g/mol. The van der Waals surface area contributed by atoms with Gasteiger partial charge in [0.15, 0.2) is 0 Å². The van der Waals surface area contributed by atoms with Gasteiger partial charge >= 0.3 is 12.7 Å². The number of nitrogens with one attached hydrogen (secondary N) is 2. The first-order chi connectivity index (χ1) is 28.5. The Labute approximate surface area is 347 Å². The number of imidazole rings is 2. The van der Waals surface area contributed by atoms with Gasteiger partial charge in [-0.1, -0.05) is 30.3 Å². The van der Waals surface area contributed by atoms with Crippen molar-refractivity contribution in [2.45, 2.75) is 35.4 Å². The largest absolute Gasteiger partial charge is 0.573 e. The van der Waals surface area contributed by atoms with Crippen molar-refractivity contribution in [2.75, 3.05) is 19.8 Å². The quantitative estimate of drug-likeness (QED) is 0.0681. The van der Waals surface area contributed by atoms with E-state index in [1.54, 1.807) is 65.5 Å². The van der Waals surface area contributed by atoms with Crippen molar-refractivity contribution in [3.05, 3.63) is 127 Å². The molecule has 0 atom stereocenters. The topological polar surface area (TPSA) is 190 Å². The van der Waals surface area contributed by atoms with Gasteiger partial charge in [-0.25, -0.2) is 36.2 Å². The predicted octanol–water partition coefficient (Wildman–Crippen LogP) is 6.65. The fourth-order valence-electron chi connectivity index (χ4n) is 5.41. The maximum atomic E-state index is 12.4. The third-order valence-corrected chi connectivity index (χ3v) is 11.1. The number of aryl methyl sites for hydroxylation is 4. The minimum Gasteiger partial charge on any atom is -0.406 e. The first-order valence-corrected chi connectivity index (χ1v) is 20.5. The lowest BCUT2D eigenvalue weighted by molar-refractivity contribution is -0.275. The van der Waals surface area contributed by atoms with Crippen LogP contribution in [0, 0.1) is 0 Å². The van der Waals surface area contributed by atoms with Crippen LogP contribution in [0.15, 0.2) is 120 Å². The number of nitrogen functional groups attached to an aromatic ring is 1. The van der Waals surface area contributed by atoms with Crippen molar-refractivity contribution >= 4 is 32.0 Å². The van der Waals surface area contributed by atoms with Gasteiger partial charge < -0.3 is 24.3 Å². The normalized spacial score (nSPS) is 11.8. The summed E-state index contributed by atoms with van der Waals surface area (Å²) >= 11 is 0. The minimum absolute atomic E-state index is 0.106. The predicted molar refractivity (Wildman–Crippen MR) is 213 cm³/mol. The summed E-state index contributed by atoms with van der Waals surface area (Å²) in [4.78, 5) is 18.9. The number of nitrogens with zero attached hydrogens (tertiary/aromatic N) is 4. The number of halogens is 6. The molecule has 61 heavy (non-hydrogen) atoms. The van der Waals surface area contributed by atoms with E-state index in [-0.39, 0.29) is 21.1 Å². The van der Waals surface area contributed by atoms with Crippen molar-refractivity contribution in [1.29, 1.82) is 0 Å². The first kappa shape index (κ1) is 47.4. The van der Waals surface area contributed by atoms with Crippen molar-refractivity contribution < 1.29 is 57.4 Å². The van der Waals surface area contributed by atoms with E-state index in [1.165, 1.54) is 62.6 Å². The highest BCUT2D eigenvalue weighted by atomic mass is 32.2. The molecule has 0 unspecified atom stereocenters. The van der Waals surface area contributed by atoms with E-state index in [0.29, 0.717) is 52.9 Å². The number of anilines is 1. The molecular weight excluding hydrogens is 857 g/mol. The molecule has 0 radical (unpaired) electrons. The Morgan fingerprint density at radius 2 is 1.16 bits per heavy atom. The zero-order chi connectivity index (χ0) is 45.2. The number of nitrogens with two attached hydrogens (primary N) is 1. The highest BCUT2D eigenvalue weighted by Crippen LogP contribution is 2.30.